The Bertz CT molecular complexity index is 1920. The largest absolute Gasteiger partial charge is 0.472 e. The van der Waals surface area contributed by atoms with Gasteiger partial charge in [-0.2, -0.15) is 0 Å². The van der Waals surface area contributed by atoms with Crippen LogP contribution in [0.4, 0.5) is 5.69 Å². The Morgan fingerprint density at radius 2 is 1.39 bits per heavy atom. The molecule has 1 spiro atoms. The molecule has 0 bridgehead atoms. The Kier molecular flexibility index (Phi) is 5.81. The fourth-order valence-electron chi connectivity index (χ4n) is 8.22. The number of nitrogens with zero attached hydrogens (tertiary/aromatic N) is 2. The van der Waals surface area contributed by atoms with Gasteiger partial charge in [0, 0.05) is 65.9 Å². The van der Waals surface area contributed by atoms with Crippen molar-refractivity contribution >= 4 is 22.5 Å². The second kappa shape index (κ2) is 9.82. The topological polar surface area (TPSA) is 35.9 Å². The Labute approximate surface area is 258 Å². The van der Waals surface area contributed by atoms with E-state index in [9.17, 15) is 5.11 Å². The zero-order valence-corrected chi connectivity index (χ0v) is 24.9. The molecule has 2 heterocycles. The summed E-state index contributed by atoms with van der Waals surface area (Å²) in [5.74, 6) is 0.994. The van der Waals surface area contributed by atoms with Crippen LogP contribution >= 0.6 is 0 Å². The molecule has 44 heavy (non-hydrogen) atoms. The molecule has 0 aromatic heterocycles. The monoisotopic (exact) mass is 576 g/mol. The highest BCUT2D eigenvalue weighted by Crippen LogP contribution is 2.66. The lowest BCUT2D eigenvalue weighted by atomic mass is 9.80. The number of hydrogen-bond donors (Lipinski definition) is 1. The Morgan fingerprint density at radius 3 is 2.14 bits per heavy atom. The van der Waals surface area contributed by atoms with Crippen LogP contribution in [0.3, 0.4) is 0 Å². The average molecular weight is 577 g/mol. The van der Waals surface area contributed by atoms with Gasteiger partial charge in [-0.3, -0.25) is 4.90 Å². The first-order chi connectivity index (χ1) is 21.7. The molecule has 2 fully saturated rings. The van der Waals surface area contributed by atoms with Gasteiger partial charge in [-0.05, 0) is 58.7 Å². The number of aliphatic hydroxyl groups is 1. The van der Waals surface area contributed by atoms with Crippen molar-refractivity contribution in [2.75, 3.05) is 44.2 Å². The van der Waals surface area contributed by atoms with Crippen LogP contribution in [0.15, 0.2) is 109 Å². The van der Waals surface area contributed by atoms with E-state index in [0.29, 0.717) is 0 Å². The molecule has 1 N–H and O–H groups in total. The summed E-state index contributed by atoms with van der Waals surface area (Å²) >= 11 is 0. The number of β-amino-alcohol motifs (C(OH)–C–C–N with tert-alkyl or cyclic N) is 1. The highest BCUT2D eigenvalue weighted by molar-refractivity contribution is 6.09. The zero-order chi connectivity index (χ0) is 29.3. The normalized spacial score (nSPS) is 21.2. The number of anilines is 1. The van der Waals surface area contributed by atoms with Gasteiger partial charge < -0.3 is 14.7 Å². The van der Waals surface area contributed by atoms with Gasteiger partial charge in [-0.15, -0.1) is 0 Å². The second-order valence-electron chi connectivity index (χ2n) is 12.8. The lowest BCUT2D eigenvalue weighted by Gasteiger charge is -2.38. The third kappa shape index (κ3) is 3.71. The van der Waals surface area contributed by atoms with Crippen molar-refractivity contribution in [1.82, 2.24) is 4.90 Å². The van der Waals surface area contributed by atoms with Crippen molar-refractivity contribution in [2.45, 2.75) is 23.9 Å². The second-order valence-corrected chi connectivity index (χ2v) is 12.8. The van der Waals surface area contributed by atoms with Crippen LogP contribution in [0.25, 0.3) is 28.0 Å². The van der Waals surface area contributed by atoms with Crippen molar-refractivity contribution in [3.63, 3.8) is 0 Å². The van der Waals surface area contributed by atoms with E-state index in [-0.39, 0.29) is 12.0 Å². The minimum Gasteiger partial charge on any atom is -0.472 e. The van der Waals surface area contributed by atoms with Crippen LogP contribution in [0.1, 0.15) is 40.7 Å². The van der Waals surface area contributed by atoms with Crippen LogP contribution in [0.5, 0.6) is 5.75 Å². The summed E-state index contributed by atoms with van der Waals surface area (Å²) in [6.45, 7) is 4.85. The third-order valence-corrected chi connectivity index (χ3v) is 10.5. The third-order valence-electron chi connectivity index (χ3n) is 10.5. The van der Waals surface area contributed by atoms with Crippen molar-refractivity contribution in [3.8, 4) is 16.9 Å². The summed E-state index contributed by atoms with van der Waals surface area (Å²) < 4.78 is 7.45. The molecule has 5 aromatic rings. The molecule has 4 heteroatoms. The molecular formula is C40H36N2O2. The summed E-state index contributed by atoms with van der Waals surface area (Å²) in [5.41, 5.74) is 9.82. The van der Waals surface area contributed by atoms with E-state index in [0.717, 1.165) is 49.6 Å². The standard InChI is InChI=1S/C40H36N2O2/c43-27-26-41-22-24-42(25-23-41)30-16-14-29(15-17-30)40(28-8-2-1-3-9-28)19-18-34-37-36(31-10-4-5-11-32(31)38(34)44-40)33-12-6-7-13-35(33)39(37)20-21-39/h1-19,43H,20-27H2. The van der Waals surface area contributed by atoms with E-state index < -0.39 is 5.60 Å². The number of hydrogen-bond acceptors (Lipinski definition) is 4. The molecule has 218 valence electrons. The van der Waals surface area contributed by atoms with Gasteiger partial charge in [0.2, 0.25) is 0 Å². The molecule has 0 amide bonds. The molecule has 1 atom stereocenters. The van der Waals surface area contributed by atoms with Gasteiger partial charge in [0.05, 0.1) is 6.61 Å². The van der Waals surface area contributed by atoms with Crippen molar-refractivity contribution < 1.29 is 9.84 Å². The number of aliphatic hydroxyl groups excluding tert-OH is 1. The molecule has 2 aliphatic carbocycles. The minimum atomic E-state index is -0.744. The molecule has 1 saturated carbocycles. The summed E-state index contributed by atoms with van der Waals surface area (Å²) in [5, 5.41) is 11.8. The van der Waals surface area contributed by atoms with Gasteiger partial charge in [-0.1, -0.05) is 97.1 Å². The van der Waals surface area contributed by atoms with Gasteiger partial charge in [0.1, 0.15) is 5.75 Å². The maximum Gasteiger partial charge on any atom is 0.178 e. The van der Waals surface area contributed by atoms with Crippen LogP contribution in [-0.4, -0.2) is 49.3 Å². The predicted molar refractivity (Wildman–Crippen MR) is 178 cm³/mol. The summed E-state index contributed by atoms with van der Waals surface area (Å²) in [7, 11) is 0. The molecule has 1 unspecified atom stereocenters. The van der Waals surface area contributed by atoms with Gasteiger partial charge >= 0.3 is 0 Å². The van der Waals surface area contributed by atoms with Crippen LogP contribution < -0.4 is 9.64 Å². The zero-order valence-electron chi connectivity index (χ0n) is 24.9. The van der Waals surface area contributed by atoms with Crippen molar-refractivity contribution in [2.24, 2.45) is 0 Å². The van der Waals surface area contributed by atoms with E-state index in [4.69, 9.17) is 4.74 Å². The number of ether oxygens (including phenoxy) is 1. The van der Waals surface area contributed by atoms with Crippen molar-refractivity contribution in [3.05, 3.63) is 137 Å². The molecule has 1 saturated heterocycles. The highest BCUT2D eigenvalue weighted by atomic mass is 16.5. The first-order valence-corrected chi connectivity index (χ1v) is 16.0. The molecular weight excluding hydrogens is 540 g/mol. The van der Waals surface area contributed by atoms with E-state index >= 15 is 0 Å². The van der Waals surface area contributed by atoms with E-state index in [1.165, 1.54) is 57.1 Å². The minimum absolute atomic E-state index is 0.101. The first kappa shape index (κ1) is 26.1. The molecule has 0 radical (unpaired) electrons. The van der Waals surface area contributed by atoms with Crippen LogP contribution in [-0.2, 0) is 11.0 Å². The summed E-state index contributed by atoms with van der Waals surface area (Å²) in [6, 6.07) is 37.6. The average Bonchev–Trinajstić information content (AvgIpc) is 3.84. The Hall–Kier alpha value is -4.38. The van der Waals surface area contributed by atoms with Crippen LogP contribution in [0.2, 0.25) is 0 Å². The molecule has 2 aliphatic heterocycles. The van der Waals surface area contributed by atoms with Gasteiger partial charge in [-0.25, -0.2) is 0 Å². The molecule has 4 aliphatic rings. The molecule has 4 nitrogen and oxygen atoms in total. The Balaban J connectivity index is 1.18. The highest BCUT2D eigenvalue weighted by Gasteiger charge is 2.55. The van der Waals surface area contributed by atoms with E-state index in [1.54, 1.807) is 0 Å². The maximum absolute atomic E-state index is 9.34. The Morgan fingerprint density at radius 1 is 0.705 bits per heavy atom. The quantitative estimate of drug-likeness (QED) is 0.237. The smallest absolute Gasteiger partial charge is 0.178 e. The first-order valence-electron chi connectivity index (χ1n) is 16.0. The fourth-order valence-corrected chi connectivity index (χ4v) is 8.22. The number of fused-ring (bicyclic) bond motifs is 10. The maximum atomic E-state index is 9.34. The SMILES string of the molecule is OCCN1CCN(c2ccc(C3(c4ccccc4)C=Cc4c5c(c6ccccc6c4O3)-c3ccccc3C53CC3)cc2)CC1. The van der Waals surface area contributed by atoms with Crippen LogP contribution in [0, 0.1) is 0 Å². The lowest BCUT2D eigenvalue weighted by Crippen LogP contribution is -2.47. The number of piperazine rings is 1. The summed E-state index contributed by atoms with van der Waals surface area (Å²) in [6.07, 6.45) is 7.06. The van der Waals surface area contributed by atoms with E-state index in [1.807, 2.05) is 0 Å². The summed E-state index contributed by atoms with van der Waals surface area (Å²) in [4.78, 5) is 4.78. The number of rotatable bonds is 5. The van der Waals surface area contributed by atoms with Gasteiger partial charge in [0.25, 0.3) is 0 Å². The number of benzene rings is 5. The molecule has 5 aromatic carbocycles. The van der Waals surface area contributed by atoms with E-state index in [2.05, 4.69) is 125 Å². The molecule has 9 rings (SSSR count). The fraction of sp³-hybridized carbons (Fsp3) is 0.250. The van der Waals surface area contributed by atoms with Crippen molar-refractivity contribution in [1.29, 1.82) is 0 Å². The van der Waals surface area contributed by atoms with Gasteiger partial charge in [0.15, 0.2) is 5.60 Å². The predicted octanol–water partition coefficient (Wildman–Crippen LogP) is 7.36. The lowest BCUT2D eigenvalue weighted by molar-refractivity contribution is 0.163.